The average molecular weight is 324 g/mol. The van der Waals surface area contributed by atoms with Gasteiger partial charge < -0.3 is 10.6 Å². The summed E-state index contributed by atoms with van der Waals surface area (Å²) in [6, 6.07) is 5.00. The van der Waals surface area contributed by atoms with Gasteiger partial charge in [-0.1, -0.05) is 33.1 Å². The largest absolute Gasteiger partial charge is 0.362 e. The third-order valence-electron chi connectivity index (χ3n) is 5.03. The van der Waals surface area contributed by atoms with Gasteiger partial charge in [0, 0.05) is 28.9 Å². The molecule has 1 aromatic rings. The van der Waals surface area contributed by atoms with Crippen LogP contribution in [0.2, 0.25) is 0 Å². The number of halogens is 1. The van der Waals surface area contributed by atoms with E-state index in [9.17, 15) is 4.39 Å². The zero-order chi connectivity index (χ0) is 17.3. The minimum absolute atomic E-state index is 0.234. The maximum absolute atomic E-state index is 13.8. The van der Waals surface area contributed by atoms with E-state index < -0.39 is 0 Å². The van der Waals surface area contributed by atoms with Gasteiger partial charge in [-0.05, 0) is 60.4 Å². The molecule has 1 aliphatic heterocycles. The summed E-state index contributed by atoms with van der Waals surface area (Å²) in [6.07, 6.45) is 9.01. The molecule has 1 heterocycles. The molecule has 0 saturated heterocycles. The van der Waals surface area contributed by atoms with Crippen molar-refractivity contribution in [1.29, 1.82) is 0 Å². The van der Waals surface area contributed by atoms with Gasteiger partial charge in [0.05, 0.1) is 0 Å². The van der Waals surface area contributed by atoms with Crippen molar-refractivity contribution in [1.82, 2.24) is 10.6 Å². The number of dihydropyridines is 1. The van der Waals surface area contributed by atoms with E-state index >= 15 is 0 Å². The first-order valence-corrected chi connectivity index (χ1v) is 8.43. The van der Waals surface area contributed by atoms with Gasteiger partial charge in [-0.2, -0.15) is 0 Å². The lowest BCUT2D eigenvalue weighted by atomic mass is 9.97. The number of nitrogens with one attached hydrogen (secondary N) is 2. The van der Waals surface area contributed by atoms with Crippen molar-refractivity contribution in [2.24, 2.45) is 11.3 Å². The van der Waals surface area contributed by atoms with Crippen LogP contribution in [0.5, 0.6) is 0 Å². The lowest BCUT2D eigenvalue weighted by molar-refractivity contribution is 0.532. The Hall–Kier alpha value is -2.29. The molecule has 1 unspecified atom stereocenters. The normalized spacial score (nSPS) is 21.0. The Morgan fingerprint density at radius 3 is 2.83 bits per heavy atom. The molecule has 2 nitrogen and oxygen atoms in total. The van der Waals surface area contributed by atoms with E-state index in [1.807, 2.05) is 24.4 Å². The fraction of sp³-hybridized carbons (Fsp3) is 0.333. The van der Waals surface area contributed by atoms with E-state index in [0.29, 0.717) is 11.1 Å². The number of rotatable bonds is 6. The van der Waals surface area contributed by atoms with Gasteiger partial charge in [0.25, 0.3) is 0 Å². The van der Waals surface area contributed by atoms with Gasteiger partial charge in [0.2, 0.25) is 0 Å². The average Bonchev–Trinajstić information content (AvgIpc) is 3.13. The van der Waals surface area contributed by atoms with Gasteiger partial charge in [-0.25, -0.2) is 4.39 Å². The van der Waals surface area contributed by atoms with Crippen molar-refractivity contribution >= 4 is 5.70 Å². The quantitative estimate of drug-likeness (QED) is 0.779. The van der Waals surface area contributed by atoms with Crippen molar-refractivity contribution < 1.29 is 4.39 Å². The number of hydrogen-bond acceptors (Lipinski definition) is 2. The summed E-state index contributed by atoms with van der Waals surface area (Å²) in [7, 11) is 0. The van der Waals surface area contributed by atoms with E-state index in [4.69, 9.17) is 0 Å². The fourth-order valence-corrected chi connectivity index (χ4v) is 3.28. The van der Waals surface area contributed by atoms with E-state index in [-0.39, 0.29) is 5.82 Å². The van der Waals surface area contributed by atoms with Crippen molar-refractivity contribution in [2.45, 2.75) is 33.1 Å². The summed E-state index contributed by atoms with van der Waals surface area (Å²) in [6.45, 7) is 12.6. The first-order chi connectivity index (χ1) is 11.3. The van der Waals surface area contributed by atoms with Crippen LogP contribution in [0.15, 0.2) is 61.1 Å². The summed E-state index contributed by atoms with van der Waals surface area (Å²) in [5.74, 6) is 0.540. The van der Waals surface area contributed by atoms with Crippen LogP contribution in [0, 0.1) is 17.2 Å². The predicted molar refractivity (Wildman–Crippen MR) is 98.3 cm³/mol. The first-order valence-electron chi connectivity index (χ1n) is 8.43. The minimum atomic E-state index is -0.234. The number of aryl methyl sites for hydroxylation is 1. The SMILES string of the molecule is C=C1C=C(NC(=C)c2cc(F)ccc2CCC2CC2(C)C)C=CN1. The molecule has 0 aromatic heterocycles. The van der Waals surface area contributed by atoms with Crippen LogP contribution in [0.3, 0.4) is 0 Å². The predicted octanol–water partition coefficient (Wildman–Crippen LogP) is 4.88. The highest BCUT2D eigenvalue weighted by Crippen LogP contribution is 2.54. The van der Waals surface area contributed by atoms with Crippen molar-refractivity contribution in [3.8, 4) is 0 Å². The summed E-state index contributed by atoms with van der Waals surface area (Å²) in [5, 5.41) is 6.28. The summed E-state index contributed by atoms with van der Waals surface area (Å²) >= 11 is 0. The first kappa shape index (κ1) is 16.6. The Morgan fingerprint density at radius 1 is 1.42 bits per heavy atom. The molecule has 1 aliphatic carbocycles. The Morgan fingerprint density at radius 2 is 2.17 bits per heavy atom. The van der Waals surface area contributed by atoms with Crippen molar-refractivity contribution in [2.75, 3.05) is 0 Å². The lowest BCUT2D eigenvalue weighted by Crippen LogP contribution is -2.16. The van der Waals surface area contributed by atoms with Crippen LogP contribution in [-0.4, -0.2) is 0 Å². The second-order valence-corrected chi connectivity index (χ2v) is 7.44. The molecule has 1 atom stereocenters. The molecule has 0 amide bonds. The molecule has 1 saturated carbocycles. The van der Waals surface area contributed by atoms with Crippen LogP contribution in [-0.2, 0) is 6.42 Å². The summed E-state index contributed by atoms with van der Waals surface area (Å²) < 4.78 is 13.8. The third kappa shape index (κ3) is 3.78. The van der Waals surface area contributed by atoms with Gasteiger partial charge >= 0.3 is 0 Å². The van der Waals surface area contributed by atoms with Gasteiger partial charge in [0.15, 0.2) is 0 Å². The van der Waals surface area contributed by atoms with Crippen LogP contribution in [0.1, 0.15) is 37.8 Å². The molecule has 3 rings (SSSR count). The van der Waals surface area contributed by atoms with Crippen LogP contribution >= 0.6 is 0 Å². The van der Waals surface area contributed by atoms with Gasteiger partial charge in [-0.3, -0.25) is 0 Å². The molecular formula is C21H25FN2. The van der Waals surface area contributed by atoms with E-state index in [1.165, 1.54) is 12.5 Å². The second kappa shape index (κ2) is 6.31. The highest BCUT2D eigenvalue weighted by atomic mass is 19.1. The van der Waals surface area contributed by atoms with Crippen molar-refractivity contribution in [3.63, 3.8) is 0 Å². The molecule has 24 heavy (non-hydrogen) atoms. The number of allylic oxidation sites excluding steroid dienone is 2. The monoisotopic (exact) mass is 324 g/mol. The lowest BCUT2D eigenvalue weighted by Gasteiger charge is -2.17. The molecule has 0 radical (unpaired) electrons. The zero-order valence-corrected chi connectivity index (χ0v) is 14.5. The molecular weight excluding hydrogens is 299 g/mol. The van der Waals surface area contributed by atoms with Gasteiger partial charge in [0.1, 0.15) is 5.82 Å². The smallest absolute Gasteiger partial charge is 0.123 e. The topological polar surface area (TPSA) is 24.1 Å². The maximum atomic E-state index is 13.8. The molecule has 1 aromatic carbocycles. The molecule has 1 fully saturated rings. The molecule has 126 valence electrons. The van der Waals surface area contributed by atoms with Crippen LogP contribution in [0.4, 0.5) is 4.39 Å². The van der Waals surface area contributed by atoms with Gasteiger partial charge in [-0.15, -0.1) is 0 Å². The molecule has 3 heteroatoms. The van der Waals surface area contributed by atoms with Crippen LogP contribution in [0.25, 0.3) is 5.70 Å². The Kier molecular flexibility index (Phi) is 4.35. The summed E-state index contributed by atoms with van der Waals surface area (Å²) in [4.78, 5) is 0. The number of hydrogen-bond donors (Lipinski definition) is 2. The van der Waals surface area contributed by atoms with E-state index in [1.54, 1.807) is 6.07 Å². The maximum Gasteiger partial charge on any atom is 0.123 e. The highest BCUT2D eigenvalue weighted by Gasteiger charge is 2.44. The van der Waals surface area contributed by atoms with E-state index in [2.05, 4.69) is 37.6 Å². The van der Waals surface area contributed by atoms with Crippen LogP contribution < -0.4 is 10.6 Å². The Balaban J connectivity index is 1.73. The molecule has 0 spiro atoms. The Bertz CT molecular complexity index is 740. The third-order valence-corrected chi connectivity index (χ3v) is 5.03. The van der Waals surface area contributed by atoms with E-state index in [0.717, 1.165) is 41.3 Å². The highest BCUT2D eigenvalue weighted by molar-refractivity contribution is 5.67. The standard InChI is InChI=1S/C21H25FN2/c1-14-11-19(9-10-23-14)24-15(2)20-12-18(22)8-6-16(20)5-7-17-13-21(17,3)4/h6,8-12,17,23-24H,1-2,5,7,13H2,3-4H3. The summed E-state index contributed by atoms with van der Waals surface area (Å²) in [5.41, 5.74) is 4.89. The second-order valence-electron chi connectivity index (χ2n) is 7.44. The zero-order valence-electron chi connectivity index (χ0n) is 14.5. The fourth-order valence-electron chi connectivity index (χ4n) is 3.28. The molecule has 0 bridgehead atoms. The minimum Gasteiger partial charge on any atom is -0.362 e. The number of benzene rings is 1. The molecule has 2 N–H and O–H groups in total. The van der Waals surface area contributed by atoms with Crippen molar-refractivity contribution in [3.05, 3.63) is 78.0 Å². The molecule has 2 aliphatic rings. The Labute approximate surface area is 143 Å².